The number of hydrogen-bond donors (Lipinski definition) is 1. The molecule has 2 rings (SSSR count). The van der Waals surface area contributed by atoms with Crippen molar-refractivity contribution in [1.82, 2.24) is 4.98 Å². The zero-order chi connectivity index (χ0) is 12.4. The third-order valence-corrected chi connectivity index (χ3v) is 2.80. The molecule has 0 saturated heterocycles. The Morgan fingerprint density at radius 2 is 2.06 bits per heavy atom. The maximum Gasteiger partial charge on any atom is 0.192 e. The Bertz CT molecular complexity index is 628. The second-order valence-corrected chi connectivity index (χ2v) is 3.98. The van der Waals surface area contributed by atoms with Crippen molar-refractivity contribution in [2.45, 2.75) is 19.8 Å². The number of aryl methyl sites for hydroxylation is 1. The second-order valence-electron chi connectivity index (χ2n) is 3.98. The maximum absolute atomic E-state index is 12.1. The van der Waals surface area contributed by atoms with Crippen LogP contribution in [0.25, 0.3) is 10.9 Å². The van der Waals surface area contributed by atoms with Crippen LogP contribution < -0.4 is 10.5 Å². The van der Waals surface area contributed by atoms with Gasteiger partial charge in [-0.15, -0.1) is 0 Å². The first-order valence-corrected chi connectivity index (χ1v) is 5.40. The van der Waals surface area contributed by atoms with Crippen molar-refractivity contribution in [3.05, 3.63) is 45.7 Å². The molecule has 1 heterocycles. The van der Waals surface area contributed by atoms with E-state index in [1.807, 2.05) is 12.1 Å². The number of pyridine rings is 1. The number of aromatic amines is 1. The number of carbonyl (C=O) groups excluding carboxylic acids is 1. The Hall–Kier alpha value is -2.10. The fraction of sp³-hybridized carbons (Fsp3) is 0.231. The molecule has 0 saturated carbocycles. The van der Waals surface area contributed by atoms with Crippen LogP contribution >= 0.6 is 0 Å². The molecule has 4 nitrogen and oxygen atoms in total. The summed E-state index contributed by atoms with van der Waals surface area (Å²) in [6.07, 6.45) is 0.0661. The SMILES string of the molecule is Cc1[nH]c2ccccc2c(=O)c1CCC(=O)[O-]. The van der Waals surface area contributed by atoms with Gasteiger partial charge < -0.3 is 14.9 Å². The first-order valence-electron chi connectivity index (χ1n) is 5.40. The summed E-state index contributed by atoms with van der Waals surface area (Å²) in [6, 6.07) is 7.19. The summed E-state index contributed by atoms with van der Waals surface area (Å²) >= 11 is 0. The number of hydrogen-bond acceptors (Lipinski definition) is 3. The normalized spacial score (nSPS) is 10.6. The minimum absolute atomic E-state index is 0.0990. The summed E-state index contributed by atoms with van der Waals surface area (Å²) in [5, 5.41) is 11.0. The van der Waals surface area contributed by atoms with E-state index in [2.05, 4.69) is 4.98 Å². The molecule has 0 fully saturated rings. The first kappa shape index (κ1) is 11.4. The minimum atomic E-state index is -1.14. The van der Waals surface area contributed by atoms with Crippen LogP contribution in [0.1, 0.15) is 17.7 Å². The van der Waals surface area contributed by atoms with Crippen molar-refractivity contribution in [3.8, 4) is 0 Å². The van der Waals surface area contributed by atoms with E-state index in [4.69, 9.17) is 0 Å². The zero-order valence-corrected chi connectivity index (χ0v) is 9.45. The fourth-order valence-corrected chi connectivity index (χ4v) is 1.93. The Kier molecular flexibility index (Phi) is 2.95. The topological polar surface area (TPSA) is 73.0 Å². The quantitative estimate of drug-likeness (QED) is 0.835. The van der Waals surface area contributed by atoms with Crippen LogP contribution in [-0.2, 0) is 11.2 Å². The number of para-hydroxylation sites is 1. The molecule has 0 bridgehead atoms. The Morgan fingerprint density at radius 1 is 1.35 bits per heavy atom. The molecular formula is C13H12NO3-. The van der Waals surface area contributed by atoms with Gasteiger partial charge in [-0.05, 0) is 31.9 Å². The summed E-state index contributed by atoms with van der Waals surface area (Å²) in [5.41, 5.74) is 1.91. The lowest BCUT2D eigenvalue weighted by atomic mass is 10.0. The van der Waals surface area contributed by atoms with Crippen molar-refractivity contribution in [3.63, 3.8) is 0 Å². The van der Waals surface area contributed by atoms with Crippen LogP contribution in [0.15, 0.2) is 29.1 Å². The van der Waals surface area contributed by atoms with Crippen LogP contribution in [-0.4, -0.2) is 11.0 Å². The number of carbonyl (C=O) groups is 1. The number of rotatable bonds is 3. The number of benzene rings is 1. The molecule has 0 aliphatic carbocycles. The lowest BCUT2D eigenvalue weighted by molar-refractivity contribution is -0.305. The Labute approximate surface area is 97.9 Å². The fourth-order valence-electron chi connectivity index (χ4n) is 1.93. The number of aliphatic carboxylic acids is 1. The molecule has 0 spiro atoms. The van der Waals surface area contributed by atoms with Gasteiger partial charge in [0.15, 0.2) is 5.43 Å². The van der Waals surface area contributed by atoms with Crippen molar-refractivity contribution in [1.29, 1.82) is 0 Å². The van der Waals surface area contributed by atoms with Crippen LogP contribution in [0, 0.1) is 6.92 Å². The number of H-pyrrole nitrogens is 1. The molecule has 0 unspecified atom stereocenters. The Balaban J connectivity index is 2.56. The number of aromatic nitrogens is 1. The molecule has 0 amide bonds. The van der Waals surface area contributed by atoms with Gasteiger partial charge in [-0.3, -0.25) is 4.79 Å². The van der Waals surface area contributed by atoms with Crippen LogP contribution in [0.3, 0.4) is 0 Å². The number of carboxylic acids is 1. The number of fused-ring (bicyclic) bond motifs is 1. The summed E-state index contributed by atoms with van der Waals surface area (Å²) in [4.78, 5) is 25.7. The van der Waals surface area contributed by atoms with Crippen molar-refractivity contribution < 1.29 is 9.90 Å². The summed E-state index contributed by atoms with van der Waals surface area (Å²) in [6.45, 7) is 1.78. The zero-order valence-electron chi connectivity index (χ0n) is 9.45. The largest absolute Gasteiger partial charge is 0.550 e. The molecule has 4 heteroatoms. The molecular weight excluding hydrogens is 218 g/mol. The highest BCUT2D eigenvalue weighted by Crippen LogP contribution is 2.11. The average molecular weight is 230 g/mol. The first-order chi connectivity index (χ1) is 8.09. The molecule has 1 aromatic heterocycles. The van der Waals surface area contributed by atoms with Gasteiger partial charge in [-0.1, -0.05) is 12.1 Å². The molecule has 2 aromatic rings. The lowest BCUT2D eigenvalue weighted by Gasteiger charge is -2.08. The van der Waals surface area contributed by atoms with E-state index in [1.54, 1.807) is 19.1 Å². The van der Waals surface area contributed by atoms with Crippen molar-refractivity contribution in [2.75, 3.05) is 0 Å². The molecule has 1 aromatic carbocycles. The van der Waals surface area contributed by atoms with Crippen molar-refractivity contribution >= 4 is 16.9 Å². The van der Waals surface area contributed by atoms with Gasteiger partial charge in [0.2, 0.25) is 0 Å². The van der Waals surface area contributed by atoms with Gasteiger partial charge in [0.25, 0.3) is 0 Å². The van der Waals surface area contributed by atoms with E-state index in [0.29, 0.717) is 10.9 Å². The van der Waals surface area contributed by atoms with Crippen LogP contribution in [0.2, 0.25) is 0 Å². The molecule has 0 radical (unpaired) electrons. The van der Waals surface area contributed by atoms with E-state index in [9.17, 15) is 14.7 Å². The molecule has 1 N–H and O–H groups in total. The number of nitrogens with one attached hydrogen (secondary N) is 1. The van der Waals surface area contributed by atoms with Gasteiger partial charge in [0, 0.05) is 28.1 Å². The smallest absolute Gasteiger partial charge is 0.192 e. The van der Waals surface area contributed by atoms with Crippen LogP contribution in [0.5, 0.6) is 0 Å². The second kappa shape index (κ2) is 4.41. The van der Waals surface area contributed by atoms with E-state index >= 15 is 0 Å². The van der Waals surface area contributed by atoms with E-state index < -0.39 is 5.97 Å². The maximum atomic E-state index is 12.1. The highest BCUT2D eigenvalue weighted by atomic mass is 16.4. The number of carboxylic acid groups (broad SMARTS) is 1. The van der Waals surface area contributed by atoms with Gasteiger partial charge in [-0.25, -0.2) is 0 Å². The molecule has 88 valence electrons. The van der Waals surface area contributed by atoms with Crippen LogP contribution in [0.4, 0.5) is 0 Å². The molecule has 0 aliphatic rings. The predicted octanol–water partition coefficient (Wildman–Crippen LogP) is 0.519. The highest BCUT2D eigenvalue weighted by molar-refractivity contribution is 5.79. The Morgan fingerprint density at radius 3 is 2.76 bits per heavy atom. The molecule has 0 aliphatic heterocycles. The van der Waals surface area contributed by atoms with Crippen molar-refractivity contribution in [2.24, 2.45) is 0 Å². The average Bonchev–Trinajstić information content (AvgIpc) is 2.28. The third kappa shape index (κ3) is 2.20. The van der Waals surface area contributed by atoms with E-state index in [-0.39, 0.29) is 18.3 Å². The van der Waals surface area contributed by atoms with Gasteiger partial charge in [-0.2, -0.15) is 0 Å². The minimum Gasteiger partial charge on any atom is -0.550 e. The van der Waals surface area contributed by atoms with Gasteiger partial charge in [0.05, 0.1) is 0 Å². The summed E-state index contributed by atoms with van der Waals surface area (Å²) in [5.74, 6) is -1.14. The van der Waals surface area contributed by atoms with E-state index in [0.717, 1.165) is 11.2 Å². The van der Waals surface area contributed by atoms with Gasteiger partial charge >= 0.3 is 0 Å². The third-order valence-electron chi connectivity index (χ3n) is 2.80. The molecule has 17 heavy (non-hydrogen) atoms. The summed E-state index contributed by atoms with van der Waals surface area (Å²) in [7, 11) is 0. The molecule has 0 atom stereocenters. The summed E-state index contributed by atoms with van der Waals surface area (Å²) < 4.78 is 0. The lowest BCUT2D eigenvalue weighted by Crippen LogP contribution is -2.24. The highest BCUT2D eigenvalue weighted by Gasteiger charge is 2.08. The van der Waals surface area contributed by atoms with Gasteiger partial charge in [0.1, 0.15) is 0 Å². The predicted molar refractivity (Wildman–Crippen MR) is 62.6 cm³/mol. The monoisotopic (exact) mass is 230 g/mol. The van der Waals surface area contributed by atoms with E-state index in [1.165, 1.54) is 0 Å². The standard InChI is InChI=1S/C13H13NO3/c1-8-9(6-7-12(15)16)13(17)10-4-2-3-5-11(10)14-8/h2-5H,6-7H2,1H3,(H,14,17)(H,15,16)/p-1.